The Morgan fingerprint density at radius 1 is 1.41 bits per heavy atom. The summed E-state index contributed by atoms with van der Waals surface area (Å²) in [5.41, 5.74) is 0.408. The highest BCUT2D eigenvalue weighted by molar-refractivity contribution is 9.10. The second kappa shape index (κ2) is 6.45. The van der Waals surface area contributed by atoms with Crippen LogP contribution in [0.3, 0.4) is 0 Å². The number of amides is 1. The van der Waals surface area contributed by atoms with Crippen LogP contribution in [0.2, 0.25) is 0 Å². The zero-order valence-corrected chi connectivity index (χ0v) is 14.2. The zero-order valence-electron chi connectivity index (χ0n) is 11.0. The summed E-state index contributed by atoms with van der Waals surface area (Å²) >= 11 is 9.70. The molecule has 2 heterocycles. The first-order chi connectivity index (χ1) is 10.4. The summed E-state index contributed by atoms with van der Waals surface area (Å²) in [5, 5.41) is 11.4. The maximum absolute atomic E-state index is 12.0. The predicted molar refractivity (Wildman–Crippen MR) is 83.2 cm³/mol. The van der Waals surface area contributed by atoms with Gasteiger partial charge in [-0.05, 0) is 30.4 Å². The van der Waals surface area contributed by atoms with E-state index in [-0.39, 0.29) is 17.9 Å². The number of hydrogen-bond donors (Lipinski definition) is 1. The molecule has 1 aliphatic heterocycles. The van der Waals surface area contributed by atoms with Crippen LogP contribution < -0.4 is 10.6 Å². The van der Waals surface area contributed by atoms with Crippen molar-refractivity contribution in [3.05, 3.63) is 42.1 Å². The van der Waals surface area contributed by atoms with Gasteiger partial charge < -0.3 is 5.11 Å². The van der Waals surface area contributed by atoms with Gasteiger partial charge in [-0.2, -0.15) is 9.59 Å². The summed E-state index contributed by atoms with van der Waals surface area (Å²) in [5.74, 6) is -0.346. The van der Waals surface area contributed by atoms with Crippen LogP contribution in [-0.2, 0) is 21.4 Å². The van der Waals surface area contributed by atoms with E-state index in [1.165, 1.54) is 15.9 Å². The Hall–Kier alpha value is -1.93. The van der Waals surface area contributed by atoms with Crippen molar-refractivity contribution in [3.63, 3.8) is 0 Å². The standard InChI is InChI=1S/C12H7BrN2O2S2.CO2/c1-15-11(17)9(19-12(15)18)8-6-4-5(13)2-3-7(6)14-10(8)16;2-1-3/h2-4,17H,1H3;. The minimum atomic E-state index is -0.347. The molecule has 0 unspecified atom stereocenters. The fourth-order valence-electron chi connectivity index (χ4n) is 1.91. The van der Waals surface area contributed by atoms with Gasteiger partial charge in [0.2, 0.25) is 5.88 Å². The van der Waals surface area contributed by atoms with Crippen molar-refractivity contribution in [1.29, 1.82) is 0 Å². The maximum Gasteiger partial charge on any atom is 0.373 e. The number of carbonyl (C=O) groups is 1. The number of rotatable bonds is 1. The molecule has 2 aromatic rings. The normalized spacial score (nSPS) is 12.1. The van der Waals surface area contributed by atoms with Crippen LogP contribution in [0.5, 0.6) is 5.88 Å². The van der Waals surface area contributed by atoms with Gasteiger partial charge in [0.25, 0.3) is 5.91 Å². The smallest absolute Gasteiger partial charge is 0.373 e. The van der Waals surface area contributed by atoms with Crippen LogP contribution in [-0.4, -0.2) is 21.7 Å². The predicted octanol–water partition coefficient (Wildman–Crippen LogP) is 1.06. The Morgan fingerprint density at radius 2 is 2.05 bits per heavy atom. The maximum atomic E-state index is 12.0. The summed E-state index contributed by atoms with van der Waals surface area (Å²) in [4.78, 5) is 32.8. The molecule has 0 aliphatic carbocycles. The molecule has 112 valence electrons. The van der Waals surface area contributed by atoms with Gasteiger partial charge in [0.1, 0.15) is 4.88 Å². The fraction of sp³-hybridized carbons (Fsp3) is 0.0769. The lowest BCUT2D eigenvalue weighted by atomic mass is 10.1. The lowest BCUT2D eigenvalue weighted by molar-refractivity contribution is -0.191. The highest BCUT2D eigenvalue weighted by Gasteiger charge is 2.24. The Morgan fingerprint density at radius 3 is 2.59 bits per heavy atom. The third kappa shape index (κ3) is 2.84. The number of aromatic hydroxyl groups is 1. The van der Waals surface area contributed by atoms with Crippen LogP contribution >= 0.6 is 39.5 Å². The second-order valence-corrected chi connectivity index (χ2v) is 6.68. The molecule has 1 N–H and O–H groups in total. The van der Waals surface area contributed by atoms with E-state index in [4.69, 9.17) is 21.8 Å². The van der Waals surface area contributed by atoms with E-state index in [1.54, 1.807) is 13.1 Å². The Kier molecular flexibility index (Phi) is 4.82. The average Bonchev–Trinajstić information content (AvgIpc) is 2.90. The molecule has 3 rings (SSSR count). The van der Waals surface area contributed by atoms with Crippen molar-refractivity contribution in [2.75, 3.05) is 0 Å². The largest absolute Gasteiger partial charge is 0.493 e. The number of halogens is 1. The van der Waals surface area contributed by atoms with Crippen LogP contribution in [0.1, 0.15) is 4.88 Å². The second-order valence-electron chi connectivity index (χ2n) is 4.12. The first-order valence-corrected chi connectivity index (χ1v) is 7.73. The van der Waals surface area contributed by atoms with E-state index in [2.05, 4.69) is 20.9 Å². The van der Waals surface area contributed by atoms with E-state index < -0.39 is 0 Å². The molecule has 0 saturated heterocycles. The quantitative estimate of drug-likeness (QED) is 0.725. The summed E-state index contributed by atoms with van der Waals surface area (Å²) in [6.07, 6.45) is 0.250. The molecule has 9 heteroatoms. The van der Waals surface area contributed by atoms with E-state index >= 15 is 0 Å². The molecule has 1 aromatic heterocycles. The first kappa shape index (κ1) is 16.4. The summed E-state index contributed by atoms with van der Waals surface area (Å²) in [7, 11) is 1.66. The average molecular weight is 399 g/mol. The lowest BCUT2D eigenvalue weighted by Crippen LogP contribution is -2.22. The minimum absolute atomic E-state index is 0.00127. The molecule has 0 saturated carbocycles. The number of fused-ring (bicyclic) bond motifs is 1. The van der Waals surface area contributed by atoms with E-state index in [0.717, 1.165) is 4.47 Å². The van der Waals surface area contributed by atoms with Crippen molar-refractivity contribution in [3.8, 4) is 5.88 Å². The molecule has 22 heavy (non-hydrogen) atoms. The van der Waals surface area contributed by atoms with Gasteiger partial charge in [-0.1, -0.05) is 15.9 Å². The molecule has 0 bridgehead atoms. The van der Waals surface area contributed by atoms with Crippen LogP contribution in [0.15, 0.2) is 27.7 Å². The zero-order chi connectivity index (χ0) is 16.4. The number of aromatic nitrogens is 1. The Labute approximate surface area is 141 Å². The molecule has 0 atom stereocenters. The number of nitrogens with zero attached hydrogens (tertiary/aromatic N) is 2. The van der Waals surface area contributed by atoms with Gasteiger partial charge in [-0.15, -0.1) is 11.3 Å². The number of thiazole rings is 1. The molecule has 1 aliphatic rings. The highest BCUT2D eigenvalue weighted by atomic mass is 79.9. The van der Waals surface area contributed by atoms with Crippen molar-refractivity contribution in [2.45, 2.75) is 0 Å². The van der Waals surface area contributed by atoms with Crippen molar-refractivity contribution in [1.82, 2.24) is 4.57 Å². The van der Waals surface area contributed by atoms with Crippen molar-refractivity contribution in [2.24, 2.45) is 12.0 Å². The van der Waals surface area contributed by atoms with E-state index in [9.17, 15) is 9.90 Å². The van der Waals surface area contributed by atoms with Crippen molar-refractivity contribution < 1.29 is 19.5 Å². The van der Waals surface area contributed by atoms with Gasteiger partial charge in [0, 0.05) is 16.7 Å². The van der Waals surface area contributed by atoms with Crippen LogP contribution in [0.4, 0.5) is 0 Å². The number of hydrogen-bond acceptors (Lipinski definition) is 6. The van der Waals surface area contributed by atoms with Gasteiger partial charge in [0.05, 0.1) is 10.9 Å². The van der Waals surface area contributed by atoms with E-state index in [0.29, 0.717) is 25.0 Å². The number of benzene rings is 1. The first-order valence-electron chi connectivity index (χ1n) is 5.72. The lowest BCUT2D eigenvalue weighted by Gasteiger charge is -1.98. The monoisotopic (exact) mass is 398 g/mol. The van der Waals surface area contributed by atoms with Crippen molar-refractivity contribution >= 4 is 57.1 Å². The van der Waals surface area contributed by atoms with Crippen LogP contribution in [0, 0.1) is 3.95 Å². The third-order valence-electron chi connectivity index (χ3n) is 2.87. The fourth-order valence-corrected chi connectivity index (χ4v) is 3.53. The summed E-state index contributed by atoms with van der Waals surface area (Å²) in [6.45, 7) is 0. The summed E-state index contributed by atoms with van der Waals surface area (Å²) in [6, 6.07) is 5.41. The van der Waals surface area contributed by atoms with Crippen LogP contribution in [0.25, 0.3) is 5.57 Å². The third-order valence-corrected chi connectivity index (χ3v) is 4.93. The van der Waals surface area contributed by atoms with Gasteiger partial charge in [0.15, 0.2) is 3.95 Å². The Bertz CT molecular complexity index is 984. The molecule has 1 amide bonds. The topological polar surface area (TPSA) is 88.7 Å². The molecule has 1 aromatic carbocycles. The van der Waals surface area contributed by atoms with Gasteiger partial charge in [-0.3, -0.25) is 9.36 Å². The summed E-state index contributed by atoms with van der Waals surface area (Å²) < 4.78 is 2.84. The molecule has 0 spiro atoms. The SMILES string of the molecule is Cn1c(O)c(C2=c3cc(Br)ccc3=NC2=O)sc1=S.O=C=O. The van der Waals surface area contributed by atoms with Gasteiger partial charge >= 0.3 is 6.15 Å². The number of carbonyl (C=O) groups excluding carboxylic acids is 3. The Balaban J connectivity index is 0.000000545. The molecule has 0 radical (unpaired) electrons. The van der Waals surface area contributed by atoms with E-state index in [1.807, 2.05) is 12.1 Å². The highest BCUT2D eigenvalue weighted by Crippen LogP contribution is 2.31. The minimum Gasteiger partial charge on any atom is -0.493 e. The molecule has 0 fully saturated rings. The molecular weight excluding hydrogens is 392 g/mol. The molecule has 6 nitrogen and oxygen atoms in total. The molecular formula is C13H7BrN2O4S2. The van der Waals surface area contributed by atoms with Gasteiger partial charge in [-0.25, -0.2) is 4.99 Å².